The molecule has 2 fully saturated rings. The largest absolute Gasteiger partial charge is 0.497 e. The number of methoxy groups -OCH3 is 1. The minimum absolute atomic E-state index is 0.0726. The SMILES string of the molecule is COc1ccc2sc(N(CC3CCCO3)C(=O)c3ccc(S(=O)(=O)N(C)CC4CCCO4)cc3)nc2c1. The Balaban J connectivity index is 1.39. The van der Waals surface area contributed by atoms with E-state index >= 15 is 0 Å². The van der Waals surface area contributed by atoms with Crippen molar-refractivity contribution >= 4 is 42.6 Å². The molecule has 2 aliphatic heterocycles. The summed E-state index contributed by atoms with van der Waals surface area (Å²) >= 11 is 1.43. The number of ether oxygens (including phenoxy) is 3. The predicted octanol–water partition coefficient (Wildman–Crippen LogP) is 3.93. The molecule has 2 aromatic carbocycles. The molecule has 2 unspecified atom stereocenters. The molecule has 11 heteroatoms. The van der Waals surface area contributed by atoms with Crippen molar-refractivity contribution in [2.75, 3.05) is 45.4 Å². The highest BCUT2D eigenvalue weighted by molar-refractivity contribution is 7.89. The van der Waals surface area contributed by atoms with Crippen molar-refractivity contribution in [3.05, 3.63) is 48.0 Å². The summed E-state index contributed by atoms with van der Waals surface area (Å²) in [6.07, 6.45) is 3.47. The molecule has 0 bridgehead atoms. The topological polar surface area (TPSA) is 98.3 Å². The van der Waals surface area contributed by atoms with E-state index in [0.717, 1.165) is 35.9 Å². The molecule has 1 amide bonds. The van der Waals surface area contributed by atoms with Gasteiger partial charge in [0.25, 0.3) is 5.91 Å². The van der Waals surface area contributed by atoms with Gasteiger partial charge in [0.05, 0.1) is 41.0 Å². The second kappa shape index (κ2) is 11.0. The molecule has 0 N–H and O–H groups in total. The molecular formula is C26H31N3O6S2. The van der Waals surface area contributed by atoms with Crippen LogP contribution in [0.15, 0.2) is 47.4 Å². The number of anilines is 1. The maximum absolute atomic E-state index is 13.7. The zero-order valence-corrected chi connectivity index (χ0v) is 22.6. The summed E-state index contributed by atoms with van der Waals surface area (Å²) in [5.41, 5.74) is 1.13. The Kier molecular flexibility index (Phi) is 7.77. The summed E-state index contributed by atoms with van der Waals surface area (Å²) in [5.74, 6) is 0.445. The van der Waals surface area contributed by atoms with Crippen molar-refractivity contribution in [1.29, 1.82) is 0 Å². The van der Waals surface area contributed by atoms with Gasteiger partial charge in [0.15, 0.2) is 5.13 Å². The summed E-state index contributed by atoms with van der Waals surface area (Å²) in [4.78, 5) is 20.2. The van der Waals surface area contributed by atoms with Gasteiger partial charge in [-0.2, -0.15) is 4.31 Å². The van der Waals surface area contributed by atoms with Gasteiger partial charge in [0.2, 0.25) is 10.0 Å². The third-order valence-corrected chi connectivity index (χ3v) is 9.66. The van der Waals surface area contributed by atoms with Gasteiger partial charge in [-0.1, -0.05) is 11.3 Å². The summed E-state index contributed by atoms with van der Waals surface area (Å²) in [7, 11) is -0.538. The van der Waals surface area contributed by atoms with Crippen LogP contribution in [0.5, 0.6) is 5.75 Å². The number of hydrogen-bond acceptors (Lipinski definition) is 8. The first-order valence-corrected chi connectivity index (χ1v) is 14.7. The average Bonchev–Trinajstić information content (AvgIpc) is 3.68. The standard InChI is InChI=1S/C26H31N3O6S2/c1-28(16-20-5-3-13-34-20)37(31,32)22-10-7-18(8-11-22)25(30)29(17-21-6-4-14-35-21)26-27-23-15-19(33-2)9-12-24(23)36-26/h7-12,15,20-21H,3-6,13-14,16-17H2,1-2H3. The lowest BCUT2D eigenvalue weighted by molar-refractivity contribution is 0.0917. The van der Waals surface area contributed by atoms with Gasteiger partial charge in [-0.15, -0.1) is 0 Å². The van der Waals surface area contributed by atoms with Gasteiger partial charge < -0.3 is 14.2 Å². The van der Waals surface area contributed by atoms with Gasteiger partial charge in [0.1, 0.15) is 5.75 Å². The van der Waals surface area contributed by atoms with E-state index in [2.05, 4.69) is 0 Å². The fourth-order valence-corrected chi connectivity index (χ4v) is 6.81. The highest BCUT2D eigenvalue weighted by atomic mass is 32.2. The van der Waals surface area contributed by atoms with Crippen molar-refractivity contribution in [1.82, 2.24) is 9.29 Å². The minimum Gasteiger partial charge on any atom is -0.497 e. The first-order chi connectivity index (χ1) is 17.8. The van der Waals surface area contributed by atoms with Crippen LogP contribution < -0.4 is 9.64 Å². The number of sulfonamides is 1. The third kappa shape index (κ3) is 5.65. The van der Waals surface area contributed by atoms with Crippen LogP contribution in [0.4, 0.5) is 5.13 Å². The van der Waals surface area contributed by atoms with Crippen molar-refractivity contribution in [2.45, 2.75) is 42.8 Å². The lowest BCUT2D eigenvalue weighted by atomic mass is 10.2. The summed E-state index contributed by atoms with van der Waals surface area (Å²) in [5, 5.41) is 0.566. The van der Waals surface area contributed by atoms with Gasteiger partial charge >= 0.3 is 0 Å². The number of benzene rings is 2. The normalized spacial score (nSPS) is 20.1. The third-order valence-electron chi connectivity index (χ3n) is 6.76. The summed E-state index contributed by atoms with van der Waals surface area (Å²) in [6.45, 7) is 2.02. The summed E-state index contributed by atoms with van der Waals surface area (Å²) < 4.78 is 45.1. The Hall–Kier alpha value is -2.57. The smallest absolute Gasteiger partial charge is 0.260 e. The van der Waals surface area contributed by atoms with Gasteiger partial charge in [-0.25, -0.2) is 13.4 Å². The van der Waals surface area contributed by atoms with E-state index in [1.165, 1.54) is 27.8 Å². The molecule has 0 radical (unpaired) electrons. The Labute approximate surface area is 221 Å². The number of thiazole rings is 1. The lowest BCUT2D eigenvalue weighted by Crippen LogP contribution is -2.37. The monoisotopic (exact) mass is 545 g/mol. The Morgan fingerprint density at radius 1 is 1.05 bits per heavy atom. The second-order valence-electron chi connectivity index (χ2n) is 9.33. The van der Waals surface area contributed by atoms with Gasteiger partial charge in [-0.3, -0.25) is 9.69 Å². The molecule has 2 aliphatic rings. The predicted molar refractivity (Wildman–Crippen MR) is 142 cm³/mol. The van der Waals surface area contributed by atoms with Crippen molar-refractivity contribution in [3.8, 4) is 5.75 Å². The number of fused-ring (bicyclic) bond motifs is 1. The first kappa shape index (κ1) is 26.1. The van der Waals surface area contributed by atoms with E-state index in [1.54, 1.807) is 31.2 Å². The fourth-order valence-electron chi connectivity index (χ4n) is 4.66. The molecule has 0 saturated carbocycles. The molecule has 2 atom stereocenters. The van der Waals surface area contributed by atoms with Crippen LogP contribution in [0.1, 0.15) is 36.0 Å². The van der Waals surface area contributed by atoms with E-state index in [0.29, 0.717) is 42.7 Å². The van der Waals surface area contributed by atoms with Crippen molar-refractivity contribution in [3.63, 3.8) is 0 Å². The van der Waals surface area contributed by atoms with E-state index < -0.39 is 10.0 Å². The number of carbonyl (C=O) groups is 1. The van der Waals surface area contributed by atoms with Gasteiger partial charge in [-0.05, 0) is 62.1 Å². The molecule has 2 saturated heterocycles. The number of nitrogens with zero attached hydrogens (tertiary/aromatic N) is 3. The zero-order chi connectivity index (χ0) is 26.0. The lowest BCUT2D eigenvalue weighted by Gasteiger charge is -2.23. The summed E-state index contributed by atoms with van der Waals surface area (Å²) in [6, 6.07) is 11.7. The number of rotatable bonds is 9. The molecule has 198 valence electrons. The van der Waals surface area contributed by atoms with E-state index in [4.69, 9.17) is 19.2 Å². The molecule has 5 rings (SSSR count). The number of amides is 1. The number of carbonyl (C=O) groups excluding carboxylic acids is 1. The molecule has 0 spiro atoms. The number of aromatic nitrogens is 1. The van der Waals surface area contributed by atoms with E-state index in [9.17, 15) is 13.2 Å². The van der Waals surface area contributed by atoms with Crippen LogP contribution in [-0.2, 0) is 19.5 Å². The molecule has 0 aliphatic carbocycles. The van der Waals surface area contributed by atoms with E-state index in [-0.39, 0.29) is 23.0 Å². The first-order valence-electron chi connectivity index (χ1n) is 12.4. The average molecular weight is 546 g/mol. The Morgan fingerprint density at radius 3 is 2.35 bits per heavy atom. The quantitative estimate of drug-likeness (QED) is 0.402. The molecule has 9 nitrogen and oxygen atoms in total. The van der Waals surface area contributed by atoms with E-state index in [1.807, 2.05) is 18.2 Å². The number of likely N-dealkylation sites (N-methyl/N-ethyl adjacent to an activating group) is 1. The molecular weight excluding hydrogens is 514 g/mol. The maximum Gasteiger partial charge on any atom is 0.260 e. The van der Waals surface area contributed by atoms with Crippen LogP contribution in [-0.4, -0.2) is 76.3 Å². The minimum atomic E-state index is -3.70. The molecule has 3 aromatic rings. The molecule has 3 heterocycles. The van der Waals surface area contributed by atoms with Gasteiger partial charge in [0, 0.05) is 38.4 Å². The molecule has 37 heavy (non-hydrogen) atoms. The van der Waals surface area contributed by atoms with Crippen molar-refractivity contribution < 1.29 is 27.4 Å². The Bertz CT molecular complexity index is 1350. The van der Waals surface area contributed by atoms with Crippen molar-refractivity contribution in [2.24, 2.45) is 0 Å². The van der Waals surface area contributed by atoms with Crippen LogP contribution in [0, 0.1) is 0 Å². The van der Waals surface area contributed by atoms with Crippen LogP contribution in [0.2, 0.25) is 0 Å². The number of hydrogen-bond donors (Lipinski definition) is 0. The second-order valence-corrected chi connectivity index (χ2v) is 12.4. The highest BCUT2D eigenvalue weighted by Crippen LogP contribution is 2.33. The van der Waals surface area contributed by atoms with Crippen LogP contribution >= 0.6 is 11.3 Å². The van der Waals surface area contributed by atoms with Crippen LogP contribution in [0.3, 0.4) is 0 Å². The highest BCUT2D eigenvalue weighted by Gasteiger charge is 2.29. The zero-order valence-electron chi connectivity index (χ0n) is 21.0. The Morgan fingerprint density at radius 2 is 1.73 bits per heavy atom. The fraction of sp³-hybridized carbons (Fsp3) is 0.462. The molecule has 1 aromatic heterocycles. The maximum atomic E-state index is 13.7. The van der Waals surface area contributed by atoms with Crippen LogP contribution in [0.25, 0.3) is 10.2 Å².